The molecule has 1 amide bonds. The summed E-state index contributed by atoms with van der Waals surface area (Å²) < 4.78 is 45.3. The summed E-state index contributed by atoms with van der Waals surface area (Å²) in [6.45, 7) is 0.397. The molecule has 0 aromatic heterocycles. The lowest BCUT2D eigenvalue weighted by Gasteiger charge is -2.39. The first-order valence-electron chi connectivity index (χ1n) is 7.75. The second kappa shape index (κ2) is 6.76. The molecule has 1 atom stereocenters. The zero-order chi connectivity index (χ0) is 18.0. The number of methoxy groups -OCH3 is 1. The number of alkyl halides is 3. The van der Waals surface area contributed by atoms with E-state index in [9.17, 15) is 18.0 Å². The average Bonchev–Trinajstić information content (AvgIpc) is 2.60. The van der Waals surface area contributed by atoms with Gasteiger partial charge in [0.15, 0.2) is 0 Å². The zero-order valence-corrected chi connectivity index (χ0v) is 13.5. The molecule has 0 fully saturated rings. The first kappa shape index (κ1) is 17.3. The van der Waals surface area contributed by atoms with E-state index >= 15 is 0 Å². The molecular formula is C18H17F3N2O2. The monoisotopic (exact) mass is 350 g/mol. The van der Waals surface area contributed by atoms with Gasteiger partial charge in [-0.05, 0) is 18.2 Å². The van der Waals surface area contributed by atoms with Crippen LogP contribution in [0.1, 0.15) is 27.7 Å². The Balaban J connectivity index is 2.09. The Kier molecular flexibility index (Phi) is 4.67. The van der Waals surface area contributed by atoms with Gasteiger partial charge in [0.2, 0.25) is 0 Å². The highest BCUT2D eigenvalue weighted by Gasteiger charge is 2.39. The first-order valence-corrected chi connectivity index (χ1v) is 7.75. The number of nitrogens with zero attached hydrogens (tertiary/aromatic N) is 1. The number of amides is 1. The summed E-state index contributed by atoms with van der Waals surface area (Å²) in [6.07, 6.45) is -5.43. The van der Waals surface area contributed by atoms with Gasteiger partial charge in [-0.3, -0.25) is 4.79 Å². The fourth-order valence-electron chi connectivity index (χ4n) is 2.95. The van der Waals surface area contributed by atoms with Crippen molar-refractivity contribution in [1.82, 2.24) is 4.90 Å². The smallest absolute Gasteiger partial charge is 0.383 e. The van der Waals surface area contributed by atoms with Gasteiger partial charge in [0.05, 0.1) is 17.7 Å². The van der Waals surface area contributed by atoms with Crippen LogP contribution < -0.4 is 5.32 Å². The number of fused-ring (bicyclic) bond motifs is 1. The Morgan fingerprint density at radius 2 is 1.80 bits per heavy atom. The second-order valence-corrected chi connectivity index (χ2v) is 5.67. The summed E-state index contributed by atoms with van der Waals surface area (Å²) in [5, 5.41) is 3.06. The van der Waals surface area contributed by atoms with Crippen LogP contribution in [0.2, 0.25) is 0 Å². The van der Waals surface area contributed by atoms with E-state index in [-0.39, 0.29) is 24.6 Å². The molecule has 0 saturated carbocycles. The summed E-state index contributed by atoms with van der Waals surface area (Å²) in [6, 6.07) is 12.1. The molecule has 25 heavy (non-hydrogen) atoms. The van der Waals surface area contributed by atoms with Crippen LogP contribution in [0.3, 0.4) is 0 Å². The van der Waals surface area contributed by atoms with Crippen molar-refractivity contribution in [3.05, 3.63) is 65.2 Å². The van der Waals surface area contributed by atoms with Crippen LogP contribution >= 0.6 is 0 Å². The van der Waals surface area contributed by atoms with Crippen molar-refractivity contribution in [2.45, 2.75) is 12.3 Å². The molecule has 132 valence electrons. The van der Waals surface area contributed by atoms with E-state index in [4.69, 9.17) is 4.74 Å². The van der Waals surface area contributed by atoms with Crippen LogP contribution in [0, 0.1) is 0 Å². The van der Waals surface area contributed by atoms with Gasteiger partial charge in [0.1, 0.15) is 6.17 Å². The number of anilines is 1. The minimum absolute atomic E-state index is 0.00829. The lowest BCUT2D eigenvalue weighted by molar-refractivity contribution is -0.138. The number of carbonyl (C=O) groups is 1. The Morgan fingerprint density at radius 1 is 1.12 bits per heavy atom. The lowest BCUT2D eigenvalue weighted by atomic mass is 9.99. The van der Waals surface area contributed by atoms with Gasteiger partial charge in [-0.2, -0.15) is 13.2 Å². The van der Waals surface area contributed by atoms with E-state index in [0.29, 0.717) is 11.3 Å². The molecule has 1 aliphatic heterocycles. The molecule has 4 nitrogen and oxygen atoms in total. The van der Waals surface area contributed by atoms with Gasteiger partial charge in [-0.1, -0.05) is 30.3 Å². The number of carbonyl (C=O) groups excluding carboxylic acids is 1. The van der Waals surface area contributed by atoms with Crippen LogP contribution in [0.5, 0.6) is 0 Å². The molecule has 2 aromatic rings. The van der Waals surface area contributed by atoms with E-state index in [1.165, 1.54) is 30.2 Å². The maximum Gasteiger partial charge on any atom is 0.416 e. The van der Waals surface area contributed by atoms with Crippen LogP contribution in [0.25, 0.3) is 0 Å². The normalized spacial score (nSPS) is 17.2. The molecule has 1 heterocycles. The number of halogens is 3. The predicted molar refractivity (Wildman–Crippen MR) is 87.2 cm³/mol. The maximum atomic E-state index is 13.4. The third kappa shape index (κ3) is 3.32. The Morgan fingerprint density at radius 3 is 2.52 bits per heavy atom. The van der Waals surface area contributed by atoms with E-state index in [1.807, 2.05) is 0 Å². The molecule has 2 aromatic carbocycles. The fraction of sp³-hybridized carbons (Fsp3) is 0.278. The summed E-state index contributed by atoms with van der Waals surface area (Å²) in [5.74, 6) is -0.326. The molecular weight excluding hydrogens is 333 g/mol. The van der Waals surface area contributed by atoms with Crippen molar-refractivity contribution in [1.29, 1.82) is 0 Å². The van der Waals surface area contributed by atoms with Gasteiger partial charge in [-0.15, -0.1) is 0 Å². The van der Waals surface area contributed by atoms with Gasteiger partial charge < -0.3 is 15.0 Å². The Bertz CT molecular complexity index is 777. The third-order valence-electron chi connectivity index (χ3n) is 4.12. The minimum atomic E-state index is -4.51. The van der Waals surface area contributed by atoms with Crippen molar-refractivity contribution in [3.63, 3.8) is 0 Å². The summed E-state index contributed by atoms with van der Waals surface area (Å²) >= 11 is 0. The van der Waals surface area contributed by atoms with E-state index in [0.717, 1.165) is 6.07 Å². The third-order valence-corrected chi connectivity index (χ3v) is 4.12. The van der Waals surface area contributed by atoms with Crippen molar-refractivity contribution in [2.24, 2.45) is 0 Å². The molecule has 0 radical (unpaired) electrons. The van der Waals surface area contributed by atoms with Crippen LogP contribution in [0.15, 0.2) is 48.5 Å². The largest absolute Gasteiger partial charge is 0.416 e. The first-order chi connectivity index (χ1) is 11.9. The molecule has 0 saturated heterocycles. The predicted octanol–water partition coefficient (Wildman–Crippen LogP) is 3.92. The van der Waals surface area contributed by atoms with Gasteiger partial charge in [-0.25, -0.2) is 0 Å². The molecule has 0 aliphatic carbocycles. The van der Waals surface area contributed by atoms with E-state index in [2.05, 4.69) is 5.32 Å². The SMILES string of the molecule is COCCN1C(=O)c2ccccc2N[C@H]1c1ccccc1C(F)(F)F. The fourth-order valence-corrected chi connectivity index (χ4v) is 2.95. The van der Waals surface area contributed by atoms with Crippen LogP contribution in [0.4, 0.5) is 18.9 Å². The molecule has 1 aliphatic rings. The molecule has 0 spiro atoms. The van der Waals surface area contributed by atoms with Gasteiger partial charge in [0.25, 0.3) is 5.91 Å². The minimum Gasteiger partial charge on any atom is -0.383 e. The van der Waals surface area contributed by atoms with Crippen molar-refractivity contribution in [2.75, 3.05) is 25.6 Å². The van der Waals surface area contributed by atoms with Crippen molar-refractivity contribution >= 4 is 11.6 Å². The maximum absolute atomic E-state index is 13.4. The van der Waals surface area contributed by atoms with Crippen molar-refractivity contribution < 1.29 is 22.7 Å². The second-order valence-electron chi connectivity index (χ2n) is 5.67. The van der Waals surface area contributed by atoms with E-state index < -0.39 is 17.9 Å². The topological polar surface area (TPSA) is 41.6 Å². The zero-order valence-electron chi connectivity index (χ0n) is 13.5. The van der Waals surface area contributed by atoms with Crippen LogP contribution in [-0.2, 0) is 10.9 Å². The number of hydrogen-bond donors (Lipinski definition) is 1. The highest BCUT2D eigenvalue weighted by Crippen LogP contribution is 2.39. The number of nitrogens with one attached hydrogen (secondary N) is 1. The Labute approximate surface area is 143 Å². The van der Waals surface area contributed by atoms with Crippen LogP contribution in [-0.4, -0.2) is 31.1 Å². The lowest BCUT2D eigenvalue weighted by Crippen LogP contribution is -2.45. The Hall–Kier alpha value is -2.54. The standard InChI is InChI=1S/C18H17F3N2O2/c1-25-11-10-23-16(12-6-2-4-8-14(12)18(19,20)21)22-15-9-5-3-7-13(15)17(23)24/h2-9,16,22H,10-11H2,1H3/t16-/m1/s1. The number of para-hydroxylation sites is 1. The molecule has 1 N–H and O–H groups in total. The molecule has 0 unspecified atom stereocenters. The highest BCUT2D eigenvalue weighted by molar-refractivity contribution is 6.01. The number of ether oxygens (including phenoxy) is 1. The van der Waals surface area contributed by atoms with Gasteiger partial charge in [0, 0.05) is 24.9 Å². The summed E-state index contributed by atoms with van der Waals surface area (Å²) in [5.41, 5.74) is 0.193. The molecule has 0 bridgehead atoms. The van der Waals surface area contributed by atoms with Gasteiger partial charge >= 0.3 is 6.18 Å². The summed E-state index contributed by atoms with van der Waals surface area (Å²) in [7, 11) is 1.48. The molecule has 3 rings (SSSR count). The highest BCUT2D eigenvalue weighted by atomic mass is 19.4. The number of benzene rings is 2. The van der Waals surface area contributed by atoms with Crippen molar-refractivity contribution in [3.8, 4) is 0 Å². The molecule has 7 heteroatoms. The summed E-state index contributed by atoms with van der Waals surface area (Å²) in [4.78, 5) is 14.2. The number of hydrogen-bond acceptors (Lipinski definition) is 3. The quantitative estimate of drug-likeness (QED) is 0.909. The van der Waals surface area contributed by atoms with E-state index in [1.54, 1.807) is 24.3 Å². The number of rotatable bonds is 4. The average molecular weight is 350 g/mol.